The van der Waals surface area contributed by atoms with E-state index in [0.717, 1.165) is 26.2 Å². The smallest absolute Gasteiger partial charge is 0.329 e. The molecule has 2 unspecified atom stereocenters. The molecule has 1 fully saturated rings. The molecule has 0 aromatic carbocycles. The standard InChI is InChI=1S/C14H28F3N3/c1-4-19-8-9-20(10-12(19)2)13(3,11-18)6-5-7-14(15,16)17/h12H,4-11,18H2,1-3H3. The fourth-order valence-electron chi connectivity index (χ4n) is 3.01. The minimum atomic E-state index is -4.07. The molecule has 3 nitrogen and oxygen atoms in total. The Bertz CT molecular complexity index is 296. The largest absolute Gasteiger partial charge is 0.389 e. The zero-order valence-electron chi connectivity index (χ0n) is 12.8. The molecule has 0 aromatic rings. The van der Waals surface area contributed by atoms with E-state index < -0.39 is 12.6 Å². The summed E-state index contributed by atoms with van der Waals surface area (Å²) < 4.78 is 36.9. The normalized spacial score (nSPS) is 25.6. The van der Waals surface area contributed by atoms with Gasteiger partial charge in [0, 0.05) is 44.2 Å². The molecule has 0 radical (unpaired) electrons. The van der Waals surface area contributed by atoms with Crippen LogP contribution in [0.2, 0.25) is 0 Å². The molecule has 0 spiro atoms. The average molecular weight is 295 g/mol. The van der Waals surface area contributed by atoms with Crippen LogP contribution < -0.4 is 5.73 Å². The fraction of sp³-hybridized carbons (Fsp3) is 1.00. The molecule has 0 bridgehead atoms. The van der Waals surface area contributed by atoms with E-state index in [1.54, 1.807) is 0 Å². The number of likely N-dealkylation sites (N-methyl/N-ethyl adjacent to an activating group) is 1. The Morgan fingerprint density at radius 1 is 1.20 bits per heavy atom. The first kappa shape index (κ1) is 17.7. The monoisotopic (exact) mass is 295 g/mol. The second-order valence-electron chi connectivity index (χ2n) is 6.09. The molecule has 0 saturated carbocycles. The van der Waals surface area contributed by atoms with Crippen molar-refractivity contribution in [1.29, 1.82) is 0 Å². The van der Waals surface area contributed by atoms with E-state index in [1.165, 1.54) is 0 Å². The highest BCUT2D eigenvalue weighted by Crippen LogP contribution is 2.28. The molecule has 0 aromatic heterocycles. The van der Waals surface area contributed by atoms with Gasteiger partial charge in [0.05, 0.1) is 0 Å². The van der Waals surface area contributed by atoms with Crippen LogP contribution in [0, 0.1) is 0 Å². The average Bonchev–Trinajstić information content (AvgIpc) is 2.36. The minimum Gasteiger partial charge on any atom is -0.329 e. The summed E-state index contributed by atoms with van der Waals surface area (Å²) in [6.07, 6.45) is -4.13. The topological polar surface area (TPSA) is 32.5 Å². The maximum absolute atomic E-state index is 12.3. The highest BCUT2D eigenvalue weighted by Gasteiger charge is 2.36. The van der Waals surface area contributed by atoms with Gasteiger partial charge in [-0.25, -0.2) is 0 Å². The SMILES string of the molecule is CCN1CCN(C(C)(CN)CCCC(F)(F)F)CC1C. The number of halogens is 3. The summed E-state index contributed by atoms with van der Waals surface area (Å²) in [7, 11) is 0. The third kappa shape index (κ3) is 4.90. The predicted molar refractivity (Wildman–Crippen MR) is 75.6 cm³/mol. The van der Waals surface area contributed by atoms with Crippen molar-refractivity contribution >= 4 is 0 Å². The van der Waals surface area contributed by atoms with Crippen molar-refractivity contribution in [3.63, 3.8) is 0 Å². The lowest BCUT2D eigenvalue weighted by atomic mass is 9.91. The summed E-state index contributed by atoms with van der Waals surface area (Å²) >= 11 is 0. The molecule has 1 saturated heterocycles. The molecule has 6 heteroatoms. The van der Waals surface area contributed by atoms with Gasteiger partial charge in [-0.05, 0) is 33.2 Å². The van der Waals surface area contributed by atoms with E-state index >= 15 is 0 Å². The zero-order chi connectivity index (χ0) is 15.4. The molecule has 1 aliphatic rings. The van der Waals surface area contributed by atoms with Crippen molar-refractivity contribution in [1.82, 2.24) is 9.80 Å². The van der Waals surface area contributed by atoms with Gasteiger partial charge in [-0.2, -0.15) is 13.2 Å². The molecule has 2 atom stereocenters. The lowest BCUT2D eigenvalue weighted by Gasteiger charge is -2.48. The van der Waals surface area contributed by atoms with Gasteiger partial charge >= 0.3 is 6.18 Å². The molecule has 2 N–H and O–H groups in total. The van der Waals surface area contributed by atoms with Crippen molar-refractivity contribution in [2.24, 2.45) is 5.73 Å². The number of hydrogen-bond donors (Lipinski definition) is 1. The molecular weight excluding hydrogens is 267 g/mol. The van der Waals surface area contributed by atoms with Crippen LogP contribution in [0.3, 0.4) is 0 Å². The quantitative estimate of drug-likeness (QED) is 0.817. The van der Waals surface area contributed by atoms with Gasteiger partial charge in [-0.3, -0.25) is 9.80 Å². The second kappa shape index (κ2) is 7.09. The van der Waals surface area contributed by atoms with Gasteiger partial charge in [-0.15, -0.1) is 0 Å². The van der Waals surface area contributed by atoms with Crippen molar-refractivity contribution < 1.29 is 13.2 Å². The van der Waals surface area contributed by atoms with Crippen LogP contribution >= 0.6 is 0 Å². The summed E-state index contributed by atoms with van der Waals surface area (Å²) in [6.45, 7) is 10.5. The van der Waals surface area contributed by atoms with Crippen LogP contribution in [0.5, 0.6) is 0 Å². The lowest BCUT2D eigenvalue weighted by Crippen LogP contribution is -2.61. The van der Waals surface area contributed by atoms with E-state index in [-0.39, 0.29) is 12.0 Å². The Morgan fingerprint density at radius 3 is 2.30 bits per heavy atom. The Morgan fingerprint density at radius 2 is 1.85 bits per heavy atom. The van der Waals surface area contributed by atoms with Crippen LogP contribution in [0.15, 0.2) is 0 Å². The third-order valence-electron chi connectivity index (χ3n) is 4.55. The Kier molecular flexibility index (Phi) is 6.28. The zero-order valence-corrected chi connectivity index (χ0v) is 12.8. The molecule has 1 heterocycles. The molecule has 20 heavy (non-hydrogen) atoms. The van der Waals surface area contributed by atoms with Crippen molar-refractivity contribution in [3.8, 4) is 0 Å². The van der Waals surface area contributed by atoms with Crippen molar-refractivity contribution in [2.45, 2.75) is 57.8 Å². The Labute approximate surface area is 120 Å². The van der Waals surface area contributed by atoms with E-state index in [2.05, 4.69) is 23.6 Å². The fourth-order valence-corrected chi connectivity index (χ4v) is 3.01. The highest BCUT2D eigenvalue weighted by atomic mass is 19.4. The summed E-state index contributed by atoms with van der Waals surface area (Å²) in [5, 5.41) is 0. The van der Waals surface area contributed by atoms with Gasteiger partial charge in [0.25, 0.3) is 0 Å². The Balaban J connectivity index is 2.55. The Hall–Kier alpha value is -0.330. The molecular formula is C14H28F3N3. The van der Waals surface area contributed by atoms with E-state index in [4.69, 9.17) is 5.73 Å². The summed E-state index contributed by atoms with van der Waals surface area (Å²) in [5.41, 5.74) is 5.54. The molecule has 120 valence electrons. The lowest BCUT2D eigenvalue weighted by molar-refractivity contribution is -0.137. The van der Waals surface area contributed by atoms with E-state index in [0.29, 0.717) is 19.0 Å². The van der Waals surface area contributed by atoms with Crippen LogP contribution in [0.1, 0.15) is 40.0 Å². The third-order valence-corrected chi connectivity index (χ3v) is 4.55. The number of rotatable bonds is 6. The van der Waals surface area contributed by atoms with Crippen LogP contribution in [0.4, 0.5) is 13.2 Å². The van der Waals surface area contributed by atoms with Crippen molar-refractivity contribution in [3.05, 3.63) is 0 Å². The summed E-state index contributed by atoms with van der Waals surface area (Å²) in [6, 6.07) is 0.433. The predicted octanol–water partition coefficient (Wildman–Crippen LogP) is 2.46. The highest BCUT2D eigenvalue weighted by molar-refractivity contribution is 4.92. The molecule has 0 amide bonds. The molecule has 1 aliphatic heterocycles. The molecule has 1 rings (SSSR count). The number of nitrogens with zero attached hydrogens (tertiary/aromatic N) is 2. The summed E-state index contributed by atoms with van der Waals surface area (Å²) in [4.78, 5) is 4.67. The first-order valence-corrected chi connectivity index (χ1v) is 7.48. The number of nitrogens with two attached hydrogens (primary N) is 1. The van der Waals surface area contributed by atoms with Crippen molar-refractivity contribution in [2.75, 3.05) is 32.7 Å². The van der Waals surface area contributed by atoms with Gasteiger partial charge in [0.2, 0.25) is 0 Å². The van der Waals surface area contributed by atoms with Gasteiger partial charge in [0.1, 0.15) is 0 Å². The van der Waals surface area contributed by atoms with Gasteiger partial charge in [-0.1, -0.05) is 6.92 Å². The first-order valence-electron chi connectivity index (χ1n) is 7.48. The van der Waals surface area contributed by atoms with Gasteiger partial charge < -0.3 is 5.73 Å². The van der Waals surface area contributed by atoms with E-state index in [1.807, 2.05) is 6.92 Å². The number of piperazine rings is 1. The van der Waals surface area contributed by atoms with Gasteiger partial charge in [0.15, 0.2) is 0 Å². The number of alkyl halides is 3. The van der Waals surface area contributed by atoms with Crippen LogP contribution in [0.25, 0.3) is 0 Å². The maximum Gasteiger partial charge on any atom is 0.389 e. The number of hydrogen-bond acceptors (Lipinski definition) is 3. The van der Waals surface area contributed by atoms with Crippen LogP contribution in [-0.4, -0.2) is 60.3 Å². The first-order chi connectivity index (χ1) is 9.22. The second-order valence-corrected chi connectivity index (χ2v) is 6.09. The minimum absolute atomic E-state index is 0.152. The van der Waals surface area contributed by atoms with E-state index in [9.17, 15) is 13.2 Å². The summed E-state index contributed by atoms with van der Waals surface area (Å²) in [5.74, 6) is 0. The molecule has 0 aliphatic carbocycles. The maximum atomic E-state index is 12.3. The van der Waals surface area contributed by atoms with Crippen LogP contribution in [-0.2, 0) is 0 Å².